The Kier molecular flexibility index (Phi) is 10.1. The third kappa shape index (κ3) is 8.69. The molecule has 1 saturated heterocycles. The Bertz CT molecular complexity index is 969. The lowest BCUT2D eigenvalue weighted by Crippen LogP contribution is -2.46. The Morgan fingerprint density at radius 3 is 1.97 bits per heavy atom. The number of benzene rings is 2. The van der Waals surface area contributed by atoms with Gasteiger partial charge in [0.1, 0.15) is 0 Å². The van der Waals surface area contributed by atoms with E-state index in [2.05, 4.69) is 16.8 Å². The lowest BCUT2D eigenvalue weighted by molar-refractivity contribution is -0.159. The number of aliphatic carboxylic acids is 2. The number of carboxylic acid groups (broad SMARTS) is 2. The van der Waals surface area contributed by atoms with Crippen molar-refractivity contribution in [2.75, 3.05) is 33.2 Å². The van der Waals surface area contributed by atoms with Gasteiger partial charge in [-0.25, -0.2) is 9.59 Å². The Morgan fingerprint density at radius 2 is 1.48 bits per heavy atom. The van der Waals surface area contributed by atoms with E-state index < -0.39 is 11.9 Å². The number of nitrogens with zero attached hydrogens (tertiary/aromatic N) is 2. The normalized spacial score (nSPS) is 15.4. The van der Waals surface area contributed by atoms with Crippen LogP contribution in [0.4, 0.5) is 0 Å². The Balaban J connectivity index is 0.000000414. The molecule has 1 aliphatic heterocycles. The van der Waals surface area contributed by atoms with E-state index in [4.69, 9.17) is 26.6 Å². The summed E-state index contributed by atoms with van der Waals surface area (Å²) >= 11 is 6.28. The summed E-state index contributed by atoms with van der Waals surface area (Å²) in [6, 6.07) is 15.9. The number of carboxylic acids is 2. The van der Waals surface area contributed by atoms with E-state index in [-0.39, 0.29) is 12.2 Å². The van der Waals surface area contributed by atoms with Crippen LogP contribution in [-0.4, -0.2) is 71.1 Å². The van der Waals surface area contributed by atoms with Crippen molar-refractivity contribution in [1.82, 2.24) is 9.80 Å². The minimum Gasteiger partial charge on any atom is -0.478 e. The average molecular weight is 475 g/mol. The second-order valence-electron chi connectivity index (χ2n) is 7.41. The van der Waals surface area contributed by atoms with E-state index in [1.165, 1.54) is 6.92 Å². The van der Waals surface area contributed by atoms with Gasteiger partial charge in [0, 0.05) is 61.4 Å². The number of esters is 1. The minimum absolute atomic E-state index is 0.265. The van der Waals surface area contributed by atoms with Crippen molar-refractivity contribution in [3.05, 3.63) is 71.3 Å². The van der Waals surface area contributed by atoms with Crippen molar-refractivity contribution in [3.8, 4) is 11.1 Å². The highest BCUT2D eigenvalue weighted by Gasteiger charge is 2.26. The zero-order valence-electron chi connectivity index (χ0n) is 18.5. The quantitative estimate of drug-likeness (QED) is 0.483. The zero-order chi connectivity index (χ0) is 24.4. The van der Waals surface area contributed by atoms with Crippen molar-refractivity contribution < 1.29 is 29.3 Å². The summed E-state index contributed by atoms with van der Waals surface area (Å²) in [7, 11) is 2.11. The molecule has 3 rings (SSSR count). The van der Waals surface area contributed by atoms with Crippen molar-refractivity contribution in [2.24, 2.45) is 0 Å². The molecule has 1 unspecified atom stereocenters. The molecule has 1 aliphatic rings. The fourth-order valence-corrected chi connectivity index (χ4v) is 3.48. The summed E-state index contributed by atoms with van der Waals surface area (Å²) in [5, 5.41) is 16.4. The molecular formula is C24H27ClN2O6. The first kappa shape index (κ1) is 26.1. The summed E-state index contributed by atoms with van der Waals surface area (Å²) < 4.78 is 5.62. The van der Waals surface area contributed by atoms with Gasteiger partial charge in [0.25, 0.3) is 0 Å². The lowest BCUT2D eigenvalue weighted by atomic mass is 10.0. The highest BCUT2D eigenvalue weighted by atomic mass is 35.5. The summed E-state index contributed by atoms with van der Waals surface area (Å²) in [5.41, 5.74) is 3.03. The molecule has 2 N–H and O–H groups in total. The number of rotatable bonds is 6. The monoisotopic (exact) mass is 474 g/mol. The fraction of sp³-hybridized carbons (Fsp3) is 0.292. The number of halogens is 1. The maximum Gasteiger partial charge on any atom is 0.328 e. The Labute approximate surface area is 197 Å². The third-order valence-corrected chi connectivity index (χ3v) is 5.23. The predicted octanol–water partition coefficient (Wildman–Crippen LogP) is 3.53. The maximum atomic E-state index is 11.6. The molecule has 1 fully saturated rings. The molecule has 0 saturated carbocycles. The summed E-state index contributed by atoms with van der Waals surface area (Å²) in [4.78, 5) is 35.2. The zero-order valence-corrected chi connectivity index (χ0v) is 19.2. The number of ether oxygens (including phenoxy) is 1. The van der Waals surface area contributed by atoms with E-state index in [1.54, 1.807) is 0 Å². The van der Waals surface area contributed by atoms with Crippen molar-refractivity contribution >= 4 is 29.5 Å². The number of carbonyl (C=O) groups excluding carboxylic acids is 1. The van der Waals surface area contributed by atoms with E-state index in [0.717, 1.165) is 47.9 Å². The molecule has 0 spiro atoms. The van der Waals surface area contributed by atoms with Gasteiger partial charge >= 0.3 is 17.9 Å². The van der Waals surface area contributed by atoms with Crippen LogP contribution in [0.2, 0.25) is 5.02 Å². The van der Waals surface area contributed by atoms with Crippen molar-refractivity contribution in [2.45, 2.75) is 13.2 Å². The molecule has 1 heterocycles. The van der Waals surface area contributed by atoms with Gasteiger partial charge in [-0.15, -0.1) is 0 Å². The van der Waals surface area contributed by atoms with Gasteiger partial charge < -0.3 is 19.8 Å². The summed E-state index contributed by atoms with van der Waals surface area (Å²) in [5.74, 6) is -2.78. The number of likely N-dealkylation sites (N-methyl/N-ethyl adjacent to an activating group) is 1. The van der Waals surface area contributed by atoms with Gasteiger partial charge in [0.15, 0.2) is 6.23 Å². The number of piperazine rings is 1. The lowest BCUT2D eigenvalue weighted by Gasteiger charge is -2.37. The van der Waals surface area contributed by atoms with Crippen LogP contribution in [0.1, 0.15) is 18.7 Å². The molecule has 0 amide bonds. The average Bonchev–Trinajstić information content (AvgIpc) is 2.78. The van der Waals surface area contributed by atoms with Gasteiger partial charge in [0.05, 0.1) is 0 Å². The first-order valence-corrected chi connectivity index (χ1v) is 10.6. The fourth-order valence-electron chi connectivity index (χ4n) is 3.23. The predicted molar refractivity (Wildman–Crippen MR) is 125 cm³/mol. The molecule has 2 aromatic rings. The van der Waals surface area contributed by atoms with Gasteiger partial charge in [0.2, 0.25) is 0 Å². The molecule has 0 radical (unpaired) electrons. The van der Waals surface area contributed by atoms with Crippen molar-refractivity contribution in [1.29, 1.82) is 0 Å². The second-order valence-corrected chi connectivity index (χ2v) is 7.82. The van der Waals surface area contributed by atoms with Crippen LogP contribution in [0.15, 0.2) is 60.7 Å². The third-order valence-electron chi connectivity index (χ3n) is 4.90. The summed E-state index contributed by atoms with van der Waals surface area (Å²) in [6.45, 7) is 5.15. The second kappa shape index (κ2) is 12.7. The number of hydrogen-bond acceptors (Lipinski definition) is 6. The molecule has 33 heavy (non-hydrogen) atoms. The van der Waals surface area contributed by atoms with E-state index in [1.807, 2.05) is 48.5 Å². The first-order chi connectivity index (χ1) is 15.7. The maximum absolute atomic E-state index is 11.6. The van der Waals surface area contributed by atoms with Crippen molar-refractivity contribution in [3.63, 3.8) is 0 Å². The number of hydrogen-bond donors (Lipinski definition) is 2. The molecule has 9 heteroatoms. The van der Waals surface area contributed by atoms with E-state index >= 15 is 0 Å². The van der Waals surface area contributed by atoms with Crippen LogP contribution >= 0.6 is 11.6 Å². The Morgan fingerprint density at radius 1 is 0.939 bits per heavy atom. The smallest absolute Gasteiger partial charge is 0.328 e. The highest BCUT2D eigenvalue weighted by molar-refractivity contribution is 6.33. The highest BCUT2D eigenvalue weighted by Crippen LogP contribution is 2.30. The van der Waals surface area contributed by atoms with Gasteiger partial charge in [-0.1, -0.05) is 54.1 Å². The topological polar surface area (TPSA) is 107 Å². The SMILES string of the molecule is CC(=O)OC(c1ccc(-c2ccccc2Cl)cc1)N1CCN(C)CC1.O=C(O)/C=C\C(=O)O. The van der Waals surface area contributed by atoms with Crippen LogP contribution in [0.3, 0.4) is 0 Å². The van der Waals surface area contributed by atoms with Gasteiger partial charge in [-0.2, -0.15) is 0 Å². The van der Waals surface area contributed by atoms with E-state index in [0.29, 0.717) is 12.2 Å². The molecule has 0 aliphatic carbocycles. The largest absolute Gasteiger partial charge is 0.478 e. The first-order valence-electron chi connectivity index (χ1n) is 10.3. The van der Waals surface area contributed by atoms with Crippen LogP contribution in [-0.2, 0) is 19.1 Å². The Hall–Kier alpha value is -3.20. The van der Waals surface area contributed by atoms with Crippen LogP contribution < -0.4 is 0 Å². The molecular weight excluding hydrogens is 448 g/mol. The molecule has 0 aromatic heterocycles. The van der Waals surface area contributed by atoms with Crippen LogP contribution in [0.25, 0.3) is 11.1 Å². The molecule has 0 bridgehead atoms. The standard InChI is InChI=1S/C20H23ClN2O2.C4H4O4/c1-15(24)25-20(23-13-11-22(2)12-14-23)17-9-7-16(8-10-17)18-5-3-4-6-19(18)21;5-3(6)1-2-4(7)8/h3-10,20H,11-14H2,1-2H3;1-2H,(H,5,6)(H,7,8)/b;2-1-. The molecule has 2 aromatic carbocycles. The molecule has 176 valence electrons. The van der Waals surface area contributed by atoms with Crippen LogP contribution in [0.5, 0.6) is 0 Å². The van der Waals surface area contributed by atoms with Crippen LogP contribution in [0, 0.1) is 0 Å². The minimum atomic E-state index is -1.26. The van der Waals surface area contributed by atoms with Gasteiger partial charge in [-0.05, 0) is 18.7 Å². The molecule has 1 atom stereocenters. The summed E-state index contributed by atoms with van der Waals surface area (Å²) in [6.07, 6.45) is 0.775. The molecule has 8 nitrogen and oxygen atoms in total. The number of carbonyl (C=O) groups is 3. The van der Waals surface area contributed by atoms with E-state index in [9.17, 15) is 14.4 Å². The van der Waals surface area contributed by atoms with Gasteiger partial charge in [-0.3, -0.25) is 9.69 Å².